The number of furan rings is 1. The highest BCUT2D eigenvalue weighted by atomic mass is 32.2. The highest BCUT2D eigenvalue weighted by molar-refractivity contribution is 8.26. The Balaban J connectivity index is 1.82. The first-order chi connectivity index (χ1) is 13.1. The molecule has 0 aromatic carbocycles. The Labute approximate surface area is 163 Å². The fraction of sp³-hybridized carbons (Fsp3) is 0.118. The van der Waals surface area contributed by atoms with Crippen LogP contribution in [-0.2, 0) is 4.79 Å². The molecule has 1 fully saturated rings. The van der Waals surface area contributed by atoms with Gasteiger partial charge in [-0.3, -0.25) is 9.78 Å². The standard InChI is InChI=1S/C17H12N4O4S2/c1-23-15-11(7-19-16(21-15)24-2)10-6-18-5-8-3-9(25-13(8)10)4-12-14(22)20-17(26)27-12/h3-7H,1-2H3,(H,20,22,26)/b12-4+. The number of hydrogen-bond acceptors (Lipinski definition) is 9. The molecule has 0 bridgehead atoms. The van der Waals surface area contributed by atoms with Gasteiger partial charge in [0.15, 0.2) is 0 Å². The van der Waals surface area contributed by atoms with Gasteiger partial charge in [-0.25, -0.2) is 4.98 Å². The quantitative estimate of drug-likeness (QED) is 0.523. The predicted octanol–water partition coefficient (Wildman–Crippen LogP) is 2.79. The van der Waals surface area contributed by atoms with Crippen molar-refractivity contribution in [3.05, 3.63) is 35.3 Å². The number of carbonyl (C=O) groups excluding carboxylic acids is 1. The minimum Gasteiger partial charge on any atom is -0.480 e. The first-order valence-corrected chi connectivity index (χ1v) is 8.89. The van der Waals surface area contributed by atoms with Crippen LogP contribution in [0.2, 0.25) is 0 Å². The van der Waals surface area contributed by atoms with E-state index in [0.29, 0.717) is 37.6 Å². The number of carbonyl (C=O) groups is 1. The van der Waals surface area contributed by atoms with E-state index in [4.69, 9.17) is 26.1 Å². The molecule has 0 saturated carbocycles. The first-order valence-electron chi connectivity index (χ1n) is 7.67. The minimum absolute atomic E-state index is 0.195. The number of thioether (sulfide) groups is 1. The van der Waals surface area contributed by atoms with Gasteiger partial charge in [-0.2, -0.15) is 4.98 Å². The number of fused-ring (bicyclic) bond motifs is 1. The summed E-state index contributed by atoms with van der Waals surface area (Å²) in [5.74, 6) is 0.604. The summed E-state index contributed by atoms with van der Waals surface area (Å²) >= 11 is 6.19. The van der Waals surface area contributed by atoms with Gasteiger partial charge in [-0.15, -0.1) is 0 Å². The third-order valence-electron chi connectivity index (χ3n) is 3.75. The number of methoxy groups -OCH3 is 2. The Morgan fingerprint density at radius 1 is 1.22 bits per heavy atom. The third-order valence-corrected chi connectivity index (χ3v) is 4.92. The van der Waals surface area contributed by atoms with Gasteiger partial charge in [0.25, 0.3) is 5.91 Å². The Bertz CT molecular complexity index is 1110. The molecule has 3 aromatic rings. The predicted molar refractivity (Wildman–Crippen MR) is 104 cm³/mol. The van der Waals surface area contributed by atoms with Gasteiger partial charge >= 0.3 is 6.01 Å². The van der Waals surface area contributed by atoms with Crippen LogP contribution in [0.3, 0.4) is 0 Å². The largest absolute Gasteiger partial charge is 0.480 e. The summed E-state index contributed by atoms with van der Waals surface area (Å²) < 4.78 is 16.8. The molecular formula is C17H12N4O4S2. The minimum atomic E-state index is -0.242. The summed E-state index contributed by atoms with van der Waals surface area (Å²) in [5, 5.41) is 3.34. The van der Waals surface area contributed by atoms with Crippen molar-refractivity contribution in [2.24, 2.45) is 0 Å². The number of hydrogen-bond donors (Lipinski definition) is 1. The Morgan fingerprint density at radius 3 is 2.78 bits per heavy atom. The normalized spacial score (nSPS) is 15.4. The number of thiocarbonyl (C=S) groups is 1. The zero-order chi connectivity index (χ0) is 19.0. The maximum Gasteiger partial charge on any atom is 0.319 e. The molecule has 1 N–H and O–H groups in total. The molecule has 1 aliphatic rings. The van der Waals surface area contributed by atoms with Gasteiger partial charge < -0.3 is 19.2 Å². The van der Waals surface area contributed by atoms with Gasteiger partial charge in [0.2, 0.25) is 5.88 Å². The molecule has 0 aliphatic carbocycles. The monoisotopic (exact) mass is 400 g/mol. The van der Waals surface area contributed by atoms with E-state index in [2.05, 4.69) is 20.3 Å². The number of aromatic nitrogens is 3. The van der Waals surface area contributed by atoms with E-state index >= 15 is 0 Å². The lowest BCUT2D eigenvalue weighted by Gasteiger charge is -2.08. The van der Waals surface area contributed by atoms with Crippen LogP contribution in [0.5, 0.6) is 11.9 Å². The number of ether oxygens (including phenoxy) is 2. The molecule has 1 saturated heterocycles. The fourth-order valence-corrected chi connectivity index (χ4v) is 3.61. The van der Waals surface area contributed by atoms with E-state index in [-0.39, 0.29) is 11.9 Å². The average molecular weight is 400 g/mol. The molecule has 3 aromatic heterocycles. The van der Waals surface area contributed by atoms with E-state index in [1.165, 1.54) is 26.0 Å². The van der Waals surface area contributed by atoms with Crippen molar-refractivity contribution in [1.82, 2.24) is 20.3 Å². The molecule has 136 valence electrons. The fourth-order valence-electron chi connectivity index (χ4n) is 2.59. The van der Waals surface area contributed by atoms with Gasteiger partial charge in [0.1, 0.15) is 15.7 Å². The second kappa shape index (κ2) is 6.97. The molecule has 27 heavy (non-hydrogen) atoms. The summed E-state index contributed by atoms with van der Waals surface area (Å²) in [4.78, 5) is 24.9. The Kier molecular flexibility index (Phi) is 4.50. The number of amides is 1. The van der Waals surface area contributed by atoms with Crippen LogP contribution in [0.1, 0.15) is 5.76 Å². The maximum atomic E-state index is 11.8. The molecule has 8 nitrogen and oxygen atoms in total. The molecule has 0 spiro atoms. The van der Waals surface area contributed by atoms with Crippen LogP contribution in [0.25, 0.3) is 28.2 Å². The number of rotatable bonds is 4. The summed E-state index contributed by atoms with van der Waals surface area (Å²) in [6, 6.07) is 1.99. The molecule has 4 rings (SSSR count). The van der Waals surface area contributed by atoms with Gasteiger partial charge in [0.05, 0.1) is 30.3 Å². The summed E-state index contributed by atoms with van der Waals surface area (Å²) in [6.07, 6.45) is 6.54. The Hall–Kier alpha value is -2.98. The molecule has 1 aliphatic heterocycles. The lowest BCUT2D eigenvalue weighted by Crippen LogP contribution is -2.17. The molecule has 0 atom stereocenters. The van der Waals surface area contributed by atoms with E-state index < -0.39 is 0 Å². The van der Waals surface area contributed by atoms with Gasteiger partial charge in [-0.05, 0) is 6.07 Å². The van der Waals surface area contributed by atoms with E-state index in [1.807, 2.05) is 0 Å². The van der Waals surface area contributed by atoms with Crippen molar-refractivity contribution in [2.75, 3.05) is 14.2 Å². The zero-order valence-electron chi connectivity index (χ0n) is 14.2. The zero-order valence-corrected chi connectivity index (χ0v) is 15.8. The first kappa shape index (κ1) is 17.4. The van der Waals surface area contributed by atoms with Gasteiger partial charge in [-0.1, -0.05) is 24.0 Å². The van der Waals surface area contributed by atoms with Crippen molar-refractivity contribution >= 4 is 51.3 Å². The van der Waals surface area contributed by atoms with Gasteiger partial charge in [0, 0.05) is 30.1 Å². The topological polar surface area (TPSA) is 99.4 Å². The number of pyridine rings is 1. The highest BCUT2D eigenvalue weighted by Crippen LogP contribution is 2.36. The molecule has 0 radical (unpaired) electrons. The average Bonchev–Trinajstić information content (AvgIpc) is 3.23. The second-order valence-corrected chi connectivity index (χ2v) is 7.10. The lowest BCUT2D eigenvalue weighted by atomic mass is 10.1. The van der Waals surface area contributed by atoms with Crippen molar-refractivity contribution in [1.29, 1.82) is 0 Å². The molecule has 1 amide bonds. The van der Waals surface area contributed by atoms with Crippen LogP contribution in [0, 0.1) is 0 Å². The molecular weight excluding hydrogens is 388 g/mol. The van der Waals surface area contributed by atoms with Crippen LogP contribution in [-0.4, -0.2) is 39.4 Å². The summed E-state index contributed by atoms with van der Waals surface area (Å²) in [6.45, 7) is 0. The molecule has 10 heteroatoms. The van der Waals surface area contributed by atoms with Crippen LogP contribution in [0.15, 0.2) is 34.0 Å². The lowest BCUT2D eigenvalue weighted by molar-refractivity contribution is -0.115. The van der Waals surface area contributed by atoms with E-state index in [0.717, 1.165) is 5.39 Å². The van der Waals surface area contributed by atoms with E-state index in [9.17, 15) is 4.79 Å². The summed E-state index contributed by atoms with van der Waals surface area (Å²) in [5.41, 5.74) is 1.85. The maximum absolute atomic E-state index is 11.8. The molecule has 4 heterocycles. The second-order valence-electron chi connectivity index (χ2n) is 5.39. The van der Waals surface area contributed by atoms with Crippen molar-refractivity contribution < 1.29 is 18.7 Å². The van der Waals surface area contributed by atoms with Crippen molar-refractivity contribution in [2.45, 2.75) is 0 Å². The van der Waals surface area contributed by atoms with Crippen molar-refractivity contribution in [3.63, 3.8) is 0 Å². The van der Waals surface area contributed by atoms with E-state index in [1.54, 1.807) is 30.7 Å². The Morgan fingerprint density at radius 2 is 2.07 bits per heavy atom. The molecule has 0 unspecified atom stereocenters. The summed E-state index contributed by atoms with van der Waals surface area (Å²) in [7, 11) is 2.99. The number of nitrogens with zero attached hydrogens (tertiary/aromatic N) is 3. The van der Waals surface area contributed by atoms with Crippen LogP contribution in [0.4, 0.5) is 0 Å². The van der Waals surface area contributed by atoms with Crippen LogP contribution >= 0.6 is 24.0 Å². The highest BCUT2D eigenvalue weighted by Gasteiger charge is 2.23. The third kappa shape index (κ3) is 3.24. The SMILES string of the molecule is COc1ncc(-c2cncc3cc(/C=C4/SC(=S)NC4=O)oc23)c(OC)n1. The number of nitrogens with one attached hydrogen (secondary N) is 1. The van der Waals surface area contributed by atoms with Crippen molar-refractivity contribution in [3.8, 4) is 23.0 Å². The smallest absolute Gasteiger partial charge is 0.319 e. The van der Waals surface area contributed by atoms with Crippen LogP contribution < -0.4 is 14.8 Å².